The van der Waals surface area contributed by atoms with Gasteiger partial charge in [0.05, 0.1) is 16.7 Å². The zero-order valence-electron chi connectivity index (χ0n) is 17.3. The highest BCUT2D eigenvalue weighted by Crippen LogP contribution is 2.31. The highest BCUT2D eigenvalue weighted by atomic mass is 16.6. The summed E-state index contributed by atoms with van der Waals surface area (Å²) in [5.74, 6) is -0.346. The molecule has 1 fully saturated rings. The van der Waals surface area contributed by atoms with Crippen LogP contribution in [0.15, 0.2) is 55.1 Å². The van der Waals surface area contributed by atoms with Crippen LogP contribution in [-0.4, -0.2) is 38.7 Å². The van der Waals surface area contributed by atoms with E-state index in [0.29, 0.717) is 5.69 Å². The molecule has 4 rings (SSSR count). The Morgan fingerprint density at radius 3 is 2.52 bits per heavy atom. The molecule has 1 saturated heterocycles. The molecule has 1 aliphatic heterocycles. The first kappa shape index (κ1) is 20.5. The van der Waals surface area contributed by atoms with Gasteiger partial charge in [0.15, 0.2) is 0 Å². The van der Waals surface area contributed by atoms with Gasteiger partial charge in [-0.2, -0.15) is 5.10 Å². The van der Waals surface area contributed by atoms with Crippen molar-refractivity contribution in [3.8, 4) is 5.69 Å². The summed E-state index contributed by atoms with van der Waals surface area (Å²) in [6.07, 6.45) is 6.26. The van der Waals surface area contributed by atoms with Gasteiger partial charge in [-0.25, -0.2) is 9.67 Å². The van der Waals surface area contributed by atoms with Crippen molar-refractivity contribution in [2.45, 2.75) is 32.2 Å². The molecule has 1 amide bonds. The molecule has 31 heavy (non-hydrogen) atoms. The van der Waals surface area contributed by atoms with Crippen LogP contribution in [0.5, 0.6) is 0 Å². The fraction of sp³-hybridized carbons (Fsp3) is 0.318. The molecule has 9 heteroatoms. The van der Waals surface area contributed by atoms with E-state index in [4.69, 9.17) is 0 Å². The number of rotatable bonds is 6. The van der Waals surface area contributed by atoms with Crippen molar-refractivity contribution in [2.75, 3.05) is 18.0 Å². The molecule has 3 aromatic rings. The van der Waals surface area contributed by atoms with E-state index in [0.717, 1.165) is 43.6 Å². The average molecular weight is 420 g/mol. The van der Waals surface area contributed by atoms with Crippen LogP contribution in [0.4, 0.5) is 11.4 Å². The lowest BCUT2D eigenvalue weighted by Crippen LogP contribution is -2.30. The van der Waals surface area contributed by atoms with Crippen LogP contribution >= 0.6 is 0 Å². The number of anilines is 1. The Morgan fingerprint density at radius 1 is 1.13 bits per heavy atom. The maximum Gasteiger partial charge on any atom is 0.293 e. The highest BCUT2D eigenvalue weighted by Gasteiger charge is 2.23. The van der Waals surface area contributed by atoms with E-state index in [1.807, 2.05) is 36.1 Å². The van der Waals surface area contributed by atoms with Gasteiger partial charge >= 0.3 is 0 Å². The minimum atomic E-state index is -0.410. The number of amides is 1. The highest BCUT2D eigenvalue weighted by molar-refractivity contribution is 5.96. The molecule has 1 aliphatic rings. The summed E-state index contributed by atoms with van der Waals surface area (Å²) in [7, 11) is 0. The van der Waals surface area contributed by atoms with Crippen LogP contribution in [0.25, 0.3) is 5.69 Å². The van der Waals surface area contributed by atoms with E-state index in [1.165, 1.54) is 12.4 Å². The number of nitrogens with one attached hydrogen (secondary N) is 1. The summed E-state index contributed by atoms with van der Waals surface area (Å²) >= 11 is 0. The van der Waals surface area contributed by atoms with Crippen molar-refractivity contribution in [3.63, 3.8) is 0 Å². The smallest absolute Gasteiger partial charge is 0.293 e. The molecular formula is C22H24N6O3. The lowest BCUT2D eigenvalue weighted by atomic mass is 10.1. The first-order chi connectivity index (χ1) is 15.0. The van der Waals surface area contributed by atoms with Crippen molar-refractivity contribution in [1.82, 2.24) is 20.1 Å². The molecule has 0 radical (unpaired) electrons. The number of nitro groups is 1. The van der Waals surface area contributed by atoms with Crippen LogP contribution in [0.2, 0.25) is 0 Å². The summed E-state index contributed by atoms with van der Waals surface area (Å²) in [4.78, 5) is 30.0. The molecule has 1 atom stereocenters. The van der Waals surface area contributed by atoms with Crippen LogP contribution in [0, 0.1) is 10.1 Å². The number of hydrogen-bond acceptors (Lipinski definition) is 6. The van der Waals surface area contributed by atoms with Crippen LogP contribution in [0.1, 0.15) is 48.1 Å². The molecule has 2 heterocycles. The van der Waals surface area contributed by atoms with E-state index < -0.39 is 4.92 Å². The topological polar surface area (TPSA) is 106 Å². The minimum absolute atomic E-state index is 0.0283. The first-order valence-electron chi connectivity index (χ1n) is 10.3. The van der Waals surface area contributed by atoms with Crippen molar-refractivity contribution < 1.29 is 9.72 Å². The molecule has 0 bridgehead atoms. The number of hydrogen-bond donors (Lipinski definition) is 1. The second kappa shape index (κ2) is 8.95. The fourth-order valence-electron chi connectivity index (χ4n) is 3.83. The Morgan fingerprint density at radius 2 is 1.87 bits per heavy atom. The largest absolute Gasteiger partial charge is 0.366 e. The van der Waals surface area contributed by atoms with Gasteiger partial charge in [-0.1, -0.05) is 12.1 Å². The third kappa shape index (κ3) is 4.55. The third-order valence-corrected chi connectivity index (χ3v) is 5.56. The van der Waals surface area contributed by atoms with Crippen molar-refractivity contribution in [3.05, 3.63) is 76.4 Å². The maximum absolute atomic E-state index is 12.8. The number of benzene rings is 2. The Kier molecular flexibility index (Phi) is 5.92. The first-order valence-corrected chi connectivity index (χ1v) is 10.3. The maximum atomic E-state index is 12.8. The average Bonchev–Trinajstić information content (AvgIpc) is 3.34. The van der Waals surface area contributed by atoms with E-state index in [-0.39, 0.29) is 23.2 Å². The Hall–Kier alpha value is -3.75. The van der Waals surface area contributed by atoms with Gasteiger partial charge < -0.3 is 10.2 Å². The molecule has 0 spiro atoms. The second-order valence-electron chi connectivity index (χ2n) is 7.64. The number of aromatic nitrogens is 3. The molecule has 9 nitrogen and oxygen atoms in total. The summed E-state index contributed by atoms with van der Waals surface area (Å²) in [6, 6.07) is 12.1. The fourth-order valence-corrected chi connectivity index (χ4v) is 3.83. The van der Waals surface area contributed by atoms with E-state index in [1.54, 1.807) is 23.1 Å². The molecule has 0 aliphatic carbocycles. The summed E-state index contributed by atoms with van der Waals surface area (Å²) in [5, 5.41) is 18.7. The van der Waals surface area contributed by atoms with Gasteiger partial charge in [0, 0.05) is 24.7 Å². The predicted molar refractivity (Wildman–Crippen MR) is 116 cm³/mol. The van der Waals surface area contributed by atoms with E-state index in [9.17, 15) is 14.9 Å². The Balaban J connectivity index is 1.48. The monoisotopic (exact) mass is 420 g/mol. The van der Waals surface area contributed by atoms with Gasteiger partial charge in [-0.15, -0.1) is 0 Å². The van der Waals surface area contributed by atoms with Crippen LogP contribution in [-0.2, 0) is 0 Å². The molecule has 1 aromatic heterocycles. The van der Waals surface area contributed by atoms with Crippen LogP contribution < -0.4 is 10.2 Å². The number of carbonyl (C=O) groups excluding carboxylic acids is 1. The van der Waals surface area contributed by atoms with Crippen molar-refractivity contribution in [1.29, 1.82) is 0 Å². The van der Waals surface area contributed by atoms with Gasteiger partial charge in [-0.05, 0) is 56.0 Å². The zero-order chi connectivity index (χ0) is 21.8. The quantitative estimate of drug-likeness (QED) is 0.482. The molecule has 1 N–H and O–H groups in total. The minimum Gasteiger partial charge on any atom is -0.366 e. The second-order valence-corrected chi connectivity index (χ2v) is 7.64. The van der Waals surface area contributed by atoms with E-state index in [2.05, 4.69) is 15.4 Å². The van der Waals surface area contributed by atoms with Gasteiger partial charge in [0.25, 0.3) is 11.6 Å². The molecule has 160 valence electrons. The number of nitro benzene ring substituents is 1. The normalized spacial score (nSPS) is 14.8. The Bertz CT molecular complexity index is 1060. The van der Waals surface area contributed by atoms with Gasteiger partial charge in [-0.3, -0.25) is 14.9 Å². The third-order valence-electron chi connectivity index (χ3n) is 5.56. The lowest BCUT2D eigenvalue weighted by molar-refractivity contribution is -0.384. The molecule has 2 aromatic carbocycles. The standard InChI is InChI=1S/C22H24N6O3/c1-16(17-5-8-19(9-6-17)27-15-23-14-24-27)25-22(29)18-7-10-20(21(13-18)28(30)31)26-11-3-2-4-12-26/h5-10,13-16H,2-4,11-12H2,1H3,(H,25,29). The Labute approximate surface area is 179 Å². The SMILES string of the molecule is CC(NC(=O)c1ccc(N2CCCCC2)c([N+](=O)[O-])c1)c1ccc(-n2cncn2)cc1. The number of carbonyl (C=O) groups is 1. The summed E-state index contributed by atoms with van der Waals surface area (Å²) in [5.41, 5.74) is 2.61. The number of nitrogens with zero attached hydrogens (tertiary/aromatic N) is 5. The molecular weight excluding hydrogens is 396 g/mol. The van der Waals surface area contributed by atoms with Crippen molar-refractivity contribution in [2.24, 2.45) is 0 Å². The molecule has 0 saturated carbocycles. The van der Waals surface area contributed by atoms with Crippen molar-refractivity contribution >= 4 is 17.3 Å². The van der Waals surface area contributed by atoms with Gasteiger partial charge in [0.2, 0.25) is 0 Å². The zero-order valence-corrected chi connectivity index (χ0v) is 17.3. The molecule has 1 unspecified atom stereocenters. The lowest BCUT2D eigenvalue weighted by Gasteiger charge is -2.28. The van der Waals surface area contributed by atoms with Gasteiger partial charge in [0.1, 0.15) is 18.3 Å². The van der Waals surface area contributed by atoms with Crippen LogP contribution in [0.3, 0.4) is 0 Å². The summed E-state index contributed by atoms with van der Waals surface area (Å²) < 4.78 is 1.65. The number of piperidine rings is 1. The summed E-state index contributed by atoms with van der Waals surface area (Å²) in [6.45, 7) is 3.47. The predicted octanol–water partition coefficient (Wildman–Crippen LogP) is 3.66. The van der Waals surface area contributed by atoms with E-state index >= 15 is 0 Å².